The molecular weight excluding hydrogens is 623 g/mol. The third kappa shape index (κ3) is 8.86. The van der Waals surface area contributed by atoms with E-state index < -0.39 is 16.6 Å². The molecule has 2 aliphatic rings. The molecule has 1 atom stereocenters. The molecule has 2 fully saturated rings. The van der Waals surface area contributed by atoms with Crippen molar-refractivity contribution in [3.63, 3.8) is 0 Å². The van der Waals surface area contributed by atoms with Crippen molar-refractivity contribution in [2.24, 2.45) is 0 Å². The molecule has 2 aliphatic heterocycles. The van der Waals surface area contributed by atoms with Crippen LogP contribution >= 0.6 is 33.8 Å². The van der Waals surface area contributed by atoms with Gasteiger partial charge in [0, 0.05) is 64.2 Å². The van der Waals surface area contributed by atoms with Gasteiger partial charge in [-0.15, -0.1) is 0 Å². The zero-order valence-corrected chi connectivity index (χ0v) is 27.2. The summed E-state index contributed by atoms with van der Waals surface area (Å²) in [4.78, 5) is 29.2. The topological polar surface area (TPSA) is 128 Å². The van der Waals surface area contributed by atoms with Crippen molar-refractivity contribution in [1.29, 1.82) is 5.26 Å². The number of hydrogen-bond acceptors (Lipinski definition) is 7. The number of hydrogen-bond donors (Lipinski definition) is 3. The van der Waals surface area contributed by atoms with E-state index in [0.29, 0.717) is 45.3 Å². The average molecular weight is 662 g/mol. The summed E-state index contributed by atoms with van der Waals surface area (Å²) >= 11 is 12.6. The van der Waals surface area contributed by atoms with E-state index in [9.17, 15) is 19.2 Å². The SMILES string of the molecule is CC(=O)O.CN(C[C@@H](CCN1CC(N2CCS(O)(O)CC2)C1)c1ccc(Cl)c(Cl)c1)C(=O)c1cc(C#N)cc2ccccc12. The number of benzene rings is 3. The second kappa shape index (κ2) is 14.9. The first-order valence-electron chi connectivity index (χ1n) is 14.4. The number of halogens is 2. The van der Waals surface area contributed by atoms with Crippen molar-refractivity contribution in [2.45, 2.75) is 25.3 Å². The Hall–Kier alpha value is -2.88. The summed E-state index contributed by atoms with van der Waals surface area (Å²) in [6, 6.07) is 19.4. The molecule has 0 spiro atoms. The van der Waals surface area contributed by atoms with Crippen molar-refractivity contribution < 1.29 is 23.8 Å². The molecular formula is C32H38Cl2N4O5S. The molecule has 0 aromatic heterocycles. The van der Waals surface area contributed by atoms with Gasteiger partial charge in [-0.05, 0) is 53.6 Å². The Morgan fingerprint density at radius 3 is 2.36 bits per heavy atom. The Balaban J connectivity index is 0.00000104. The van der Waals surface area contributed by atoms with E-state index in [2.05, 4.69) is 15.9 Å². The highest BCUT2D eigenvalue weighted by atomic mass is 35.5. The third-order valence-corrected chi connectivity index (χ3v) is 10.5. The van der Waals surface area contributed by atoms with Crippen molar-refractivity contribution in [2.75, 3.05) is 57.8 Å². The van der Waals surface area contributed by atoms with Gasteiger partial charge in [-0.2, -0.15) is 15.9 Å². The molecule has 44 heavy (non-hydrogen) atoms. The number of likely N-dealkylation sites (N-methyl/N-ethyl adjacent to an activating group) is 1. The Bertz CT molecular complexity index is 1530. The summed E-state index contributed by atoms with van der Waals surface area (Å²) in [6.45, 7) is 5.83. The van der Waals surface area contributed by atoms with Crippen LogP contribution in [-0.4, -0.2) is 105 Å². The predicted molar refractivity (Wildman–Crippen MR) is 177 cm³/mol. The lowest BCUT2D eigenvalue weighted by atomic mass is 9.93. The highest BCUT2D eigenvalue weighted by Crippen LogP contribution is 2.41. The summed E-state index contributed by atoms with van der Waals surface area (Å²) in [7, 11) is -0.578. The number of fused-ring (bicyclic) bond motifs is 1. The van der Waals surface area contributed by atoms with Crippen molar-refractivity contribution >= 4 is 56.4 Å². The molecule has 9 nitrogen and oxygen atoms in total. The van der Waals surface area contributed by atoms with E-state index in [1.807, 2.05) is 36.4 Å². The molecule has 0 bridgehead atoms. The maximum atomic E-state index is 13.7. The molecule has 3 N–H and O–H groups in total. The minimum atomic E-state index is -2.38. The van der Waals surface area contributed by atoms with E-state index in [0.717, 1.165) is 62.4 Å². The fourth-order valence-corrected chi connectivity index (χ4v) is 7.27. The Morgan fingerprint density at radius 1 is 1.07 bits per heavy atom. The van der Waals surface area contributed by atoms with Crippen LogP contribution in [0, 0.1) is 11.3 Å². The summed E-state index contributed by atoms with van der Waals surface area (Å²) in [5.74, 6) is 0.0145. The van der Waals surface area contributed by atoms with Crippen LogP contribution < -0.4 is 0 Å². The molecule has 0 unspecified atom stereocenters. The van der Waals surface area contributed by atoms with Crippen LogP contribution in [0.5, 0.6) is 0 Å². The molecule has 2 saturated heterocycles. The maximum absolute atomic E-state index is 13.7. The monoisotopic (exact) mass is 660 g/mol. The predicted octanol–water partition coefficient (Wildman–Crippen LogP) is 6.11. The van der Waals surface area contributed by atoms with Crippen LogP contribution in [0.2, 0.25) is 10.0 Å². The van der Waals surface area contributed by atoms with Gasteiger partial charge >= 0.3 is 0 Å². The van der Waals surface area contributed by atoms with E-state index in [-0.39, 0.29) is 11.8 Å². The Kier molecular flexibility index (Phi) is 11.5. The van der Waals surface area contributed by atoms with Crippen LogP contribution in [0.4, 0.5) is 0 Å². The number of rotatable bonds is 8. The number of carboxylic acids is 1. The highest BCUT2D eigenvalue weighted by Gasteiger charge is 2.35. The van der Waals surface area contributed by atoms with E-state index >= 15 is 0 Å². The minimum Gasteiger partial charge on any atom is -0.481 e. The van der Waals surface area contributed by atoms with E-state index in [1.54, 1.807) is 30.1 Å². The number of nitriles is 1. The molecule has 0 radical (unpaired) electrons. The van der Waals surface area contributed by atoms with Crippen molar-refractivity contribution in [3.05, 3.63) is 81.3 Å². The lowest BCUT2D eigenvalue weighted by Gasteiger charge is -2.50. The summed E-state index contributed by atoms with van der Waals surface area (Å²) in [6.07, 6.45) is 0.835. The zero-order valence-electron chi connectivity index (χ0n) is 24.8. The van der Waals surface area contributed by atoms with Crippen molar-refractivity contribution in [1.82, 2.24) is 14.7 Å². The van der Waals surface area contributed by atoms with Gasteiger partial charge in [0.15, 0.2) is 0 Å². The van der Waals surface area contributed by atoms with Crippen LogP contribution in [0.3, 0.4) is 0 Å². The first-order chi connectivity index (χ1) is 20.9. The number of carbonyl (C=O) groups is 2. The molecule has 0 saturated carbocycles. The fraction of sp³-hybridized carbons (Fsp3) is 0.406. The largest absolute Gasteiger partial charge is 0.481 e. The molecule has 236 valence electrons. The fourth-order valence-electron chi connectivity index (χ4n) is 5.70. The van der Waals surface area contributed by atoms with Gasteiger partial charge in [-0.1, -0.05) is 53.5 Å². The third-order valence-electron chi connectivity index (χ3n) is 8.14. The Morgan fingerprint density at radius 2 is 1.73 bits per heavy atom. The van der Waals surface area contributed by atoms with Crippen LogP contribution in [0.15, 0.2) is 54.6 Å². The molecule has 3 aromatic rings. The normalized spacial score (nSPS) is 18.3. The number of amides is 1. The lowest BCUT2D eigenvalue weighted by molar-refractivity contribution is -0.134. The number of nitrogens with zero attached hydrogens (tertiary/aromatic N) is 4. The number of aliphatic carboxylic acids is 1. The molecule has 2 heterocycles. The molecule has 12 heteroatoms. The molecule has 0 aliphatic carbocycles. The zero-order chi connectivity index (χ0) is 32.0. The van der Waals surface area contributed by atoms with Gasteiger partial charge in [0.25, 0.3) is 11.9 Å². The first kappa shape index (κ1) is 34.0. The van der Waals surface area contributed by atoms with Crippen LogP contribution in [0.1, 0.15) is 40.7 Å². The molecule has 5 rings (SSSR count). The summed E-state index contributed by atoms with van der Waals surface area (Å²) in [5.41, 5.74) is 2.01. The van der Waals surface area contributed by atoms with Gasteiger partial charge in [-0.3, -0.25) is 23.6 Å². The van der Waals surface area contributed by atoms with Gasteiger partial charge < -0.3 is 14.9 Å². The quantitative estimate of drug-likeness (QED) is 0.264. The standard InChI is InChI=1S/C30H34Cl2N4O3S.C2H4O2/c1-34(30(37)27-15-21(17-33)14-23-4-2-3-5-26(23)27)18-24(22-6-7-28(31)29(32)16-22)8-9-35-19-25(20-35)36-10-12-40(38,39)13-11-36;1-2(3)4/h2-7,14-16,24-25,38-39H,8-13,18-20H2,1H3;1H3,(H,3,4)/t24-;/m1./s1. The van der Waals surface area contributed by atoms with Crippen molar-refractivity contribution in [3.8, 4) is 6.07 Å². The Labute approximate surface area is 269 Å². The van der Waals surface area contributed by atoms with E-state index in [4.69, 9.17) is 33.1 Å². The average Bonchev–Trinajstić information content (AvgIpc) is 2.96. The van der Waals surface area contributed by atoms with Crippen LogP contribution in [0.25, 0.3) is 10.8 Å². The summed E-state index contributed by atoms with van der Waals surface area (Å²) in [5, 5.41) is 19.6. The number of likely N-dealkylation sites (tertiary alicyclic amines) is 1. The van der Waals surface area contributed by atoms with E-state index in [1.165, 1.54) is 0 Å². The van der Waals surface area contributed by atoms with Crippen LogP contribution in [-0.2, 0) is 4.79 Å². The van der Waals surface area contributed by atoms with Gasteiger partial charge in [-0.25, -0.2) is 0 Å². The first-order valence-corrected chi connectivity index (χ1v) is 17.0. The maximum Gasteiger partial charge on any atom is 0.300 e. The smallest absolute Gasteiger partial charge is 0.300 e. The minimum absolute atomic E-state index is 0.0381. The number of carboxylic acid groups (broad SMARTS) is 1. The lowest BCUT2D eigenvalue weighted by Crippen LogP contribution is -2.61. The second-order valence-electron chi connectivity index (χ2n) is 11.4. The van der Waals surface area contributed by atoms with Gasteiger partial charge in [0.2, 0.25) is 0 Å². The second-order valence-corrected chi connectivity index (χ2v) is 14.6. The number of carbonyl (C=O) groups excluding carboxylic acids is 1. The van der Waals surface area contributed by atoms with Gasteiger partial charge in [0.05, 0.1) is 33.2 Å². The molecule has 3 aromatic carbocycles. The molecule has 1 amide bonds. The van der Waals surface area contributed by atoms with Gasteiger partial charge in [0.1, 0.15) is 0 Å². The summed E-state index contributed by atoms with van der Waals surface area (Å²) < 4.78 is 19.8. The highest BCUT2D eigenvalue weighted by molar-refractivity contribution is 8.24.